The van der Waals surface area contributed by atoms with Crippen molar-refractivity contribution in [2.45, 2.75) is 25.8 Å². The summed E-state index contributed by atoms with van der Waals surface area (Å²) in [6.07, 6.45) is 1.66. The van der Waals surface area contributed by atoms with Gasteiger partial charge in [0.05, 0.1) is 11.3 Å². The molecule has 1 aromatic rings. The summed E-state index contributed by atoms with van der Waals surface area (Å²) < 4.78 is 14.8. The largest absolute Gasteiger partial charge is 0.350 e. The van der Waals surface area contributed by atoms with E-state index in [2.05, 4.69) is 28.4 Å². The van der Waals surface area contributed by atoms with Crippen LogP contribution in [-0.4, -0.2) is 60.4 Å². The quantitative estimate of drug-likeness (QED) is 0.731. The number of hydrogen-bond acceptors (Lipinski definition) is 5. The van der Waals surface area contributed by atoms with Gasteiger partial charge in [-0.25, -0.2) is 14.4 Å². The number of anilines is 1. The molecule has 0 bridgehead atoms. The summed E-state index contributed by atoms with van der Waals surface area (Å²) in [5.41, 5.74) is 2.09. The van der Waals surface area contributed by atoms with E-state index in [1.54, 1.807) is 6.92 Å². The van der Waals surface area contributed by atoms with Gasteiger partial charge in [0.2, 0.25) is 0 Å². The van der Waals surface area contributed by atoms with Crippen molar-refractivity contribution in [3.05, 3.63) is 35.0 Å². The summed E-state index contributed by atoms with van der Waals surface area (Å²) in [4.78, 5) is 15.8. The van der Waals surface area contributed by atoms with E-state index >= 15 is 0 Å². The van der Waals surface area contributed by atoms with Crippen LogP contribution in [0.1, 0.15) is 23.2 Å². The molecule has 4 heterocycles. The van der Waals surface area contributed by atoms with Gasteiger partial charge in [-0.1, -0.05) is 6.58 Å². The highest BCUT2D eigenvalue weighted by Crippen LogP contribution is 2.37. The van der Waals surface area contributed by atoms with Crippen LogP contribution in [-0.2, 0) is 6.42 Å². The van der Waals surface area contributed by atoms with Crippen molar-refractivity contribution < 1.29 is 4.39 Å². The maximum absolute atomic E-state index is 14.8. The highest BCUT2D eigenvalue weighted by Gasteiger charge is 2.38. The molecule has 0 saturated carbocycles. The molecule has 3 aliphatic heterocycles. The van der Waals surface area contributed by atoms with Crippen molar-refractivity contribution in [3.8, 4) is 0 Å². The van der Waals surface area contributed by atoms with Gasteiger partial charge in [0.25, 0.3) is 0 Å². The monoisotopic (exact) mass is 315 g/mol. The number of hydrogen-bond donors (Lipinski definition) is 0. The predicted octanol–water partition coefficient (Wildman–Crippen LogP) is 1.76. The SMILES string of the molecule is C=C1N=C2c3c(nc(C)c(F)c3CCC3CN(C)CCN23)N1C. The Hall–Kier alpha value is -1.95. The molecule has 1 aromatic heterocycles. The first-order valence-corrected chi connectivity index (χ1v) is 8.13. The van der Waals surface area contributed by atoms with Crippen molar-refractivity contribution in [1.82, 2.24) is 14.8 Å². The third-order valence-corrected chi connectivity index (χ3v) is 5.23. The zero-order valence-corrected chi connectivity index (χ0v) is 13.9. The third-order valence-electron chi connectivity index (χ3n) is 5.23. The van der Waals surface area contributed by atoms with E-state index in [0.29, 0.717) is 17.6 Å². The van der Waals surface area contributed by atoms with Crippen molar-refractivity contribution in [2.24, 2.45) is 4.99 Å². The van der Waals surface area contributed by atoms with Gasteiger partial charge >= 0.3 is 0 Å². The first-order valence-electron chi connectivity index (χ1n) is 8.13. The second-order valence-corrected chi connectivity index (χ2v) is 6.75. The summed E-state index contributed by atoms with van der Waals surface area (Å²) in [6.45, 7) is 8.67. The van der Waals surface area contributed by atoms with Crippen molar-refractivity contribution in [3.63, 3.8) is 0 Å². The fourth-order valence-corrected chi connectivity index (χ4v) is 3.87. The first-order chi connectivity index (χ1) is 11.0. The summed E-state index contributed by atoms with van der Waals surface area (Å²) in [5, 5.41) is 0. The van der Waals surface area contributed by atoms with Crippen LogP contribution in [0, 0.1) is 12.7 Å². The number of aryl methyl sites for hydroxylation is 1. The summed E-state index contributed by atoms with van der Waals surface area (Å²) in [5.74, 6) is 2.13. The van der Waals surface area contributed by atoms with E-state index in [1.807, 2.05) is 11.9 Å². The van der Waals surface area contributed by atoms with Crippen LogP contribution in [0.4, 0.5) is 10.2 Å². The minimum Gasteiger partial charge on any atom is -0.350 e. The lowest BCUT2D eigenvalue weighted by molar-refractivity contribution is 0.146. The third kappa shape index (κ3) is 2.08. The van der Waals surface area contributed by atoms with Crippen LogP contribution in [0.15, 0.2) is 17.4 Å². The molecule has 1 unspecified atom stereocenters. The number of pyridine rings is 1. The number of nitrogens with zero attached hydrogens (tertiary/aromatic N) is 5. The number of amidine groups is 1. The topological polar surface area (TPSA) is 35.0 Å². The first kappa shape index (κ1) is 14.6. The van der Waals surface area contributed by atoms with Crippen LogP contribution >= 0.6 is 0 Å². The molecular formula is C17H22FN5. The molecule has 4 rings (SSSR count). The van der Waals surface area contributed by atoms with E-state index < -0.39 is 0 Å². The molecule has 1 saturated heterocycles. The van der Waals surface area contributed by atoms with E-state index in [-0.39, 0.29) is 5.82 Å². The Labute approximate surface area is 136 Å². The molecule has 3 aliphatic rings. The molecular weight excluding hydrogens is 293 g/mol. The van der Waals surface area contributed by atoms with Gasteiger partial charge in [0.1, 0.15) is 23.3 Å². The predicted molar refractivity (Wildman–Crippen MR) is 89.3 cm³/mol. The van der Waals surface area contributed by atoms with Gasteiger partial charge in [0, 0.05) is 38.3 Å². The lowest BCUT2D eigenvalue weighted by Gasteiger charge is -2.42. The fourth-order valence-electron chi connectivity index (χ4n) is 3.87. The number of aromatic nitrogens is 1. The maximum atomic E-state index is 14.8. The van der Waals surface area contributed by atoms with E-state index in [4.69, 9.17) is 4.99 Å². The molecule has 0 N–H and O–H groups in total. The molecule has 0 radical (unpaired) electrons. The molecule has 0 aromatic carbocycles. The number of fused-ring (bicyclic) bond motifs is 2. The van der Waals surface area contributed by atoms with Crippen LogP contribution in [0.2, 0.25) is 0 Å². The van der Waals surface area contributed by atoms with Crippen molar-refractivity contribution in [2.75, 3.05) is 38.6 Å². The maximum Gasteiger partial charge on any atom is 0.148 e. The average Bonchev–Trinajstić information content (AvgIpc) is 2.67. The Morgan fingerprint density at radius 1 is 1.26 bits per heavy atom. The highest BCUT2D eigenvalue weighted by atomic mass is 19.1. The molecule has 5 nitrogen and oxygen atoms in total. The van der Waals surface area contributed by atoms with E-state index in [9.17, 15) is 4.39 Å². The smallest absolute Gasteiger partial charge is 0.148 e. The zero-order valence-electron chi connectivity index (χ0n) is 13.9. The van der Waals surface area contributed by atoms with Crippen molar-refractivity contribution in [1.29, 1.82) is 0 Å². The van der Waals surface area contributed by atoms with Crippen LogP contribution in [0.3, 0.4) is 0 Å². The van der Waals surface area contributed by atoms with Gasteiger partial charge in [-0.15, -0.1) is 0 Å². The molecule has 23 heavy (non-hydrogen) atoms. The molecule has 6 heteroatoms. The molecule has 1 fully saturated rings. The van der Waals surface area contributed by atoms with Gasteiger partial charge in [-0.3, -0.25) is 0 Å². The summed E-state index contributed by atoms with van der Waals surface area (Å²) in [7, 11) is 4.04. The number of aliphatic imine (C=N–C) groups is 1. The Morgan fingerprint density at radius 3 is 2.83 bits per heavy atom. The molecule has 122 valence electrons. The van der Waals surface area contributed by atoms with Crippen LogP contribution in [0.25, 0.3) is 0 Å². The van der Waals surface area contributed by atoms with Gasteiger partial charge < -0.3 is 14.7 Å². The normalized spacial score (nSPS) is 24.1. The standard InChI is InChI=1S/C17H22FN5/c1-10-15(18)13-6-5-12-9-21(3)7-8-23(12)17-14(13)16(19-10)22(4)11(2)20-17/h12H,2,5-9H2,1,3-4H3. The number of rotatable bonds is 0. The number of piperazine rings is 1. The lowest BCUT2D eigenvalue weighted by atomic mass is 10.0. The minimum absolute atomic E-state index is 0.175. The van der Waals surface area contributed by atoms with Crippen LogP contribution < -0.4 is 4.90 Å². The second-order valence-electron chi connectivity index (χ2n) is 6.75. The van der Waals surface area contributed by atoms with Crippen LogP contribution in [0.5, 0.6) is 0 Å². The average molecular weight is 315 g/mol. The Balaban J connectivity index is 1.94. The number of likely N-dealkylation sites (N-methyl/N-ethyl adjacent to an activating group) is 1. The summed E-state index contributed by atoms with van der Waals surface area (Å²) >= 11 is 0. The minimum atomic E-state index is -0.175. The summed E-state index contributed by atoms with van der Waals surface area (Å²) in [6, 6.07) is 0.365. The Morgan fingerprint density at radius 2 is 2.04 bits per heavy atom. The molecule has 0 spiro atoms. The van der Waals surface area contributed by atoms with Gasteiger partial charge in [-0.2, -0.15) is 0 Å². The number of halogens is 1. The Bertz CT molecular complexity index is 726. The molecule has 1 atom stereocenters. The Kier molecular flexibility index (Phi) is 3.20. The zero-order chi connectivity index (χ0) is 16.3. The van der Waals surface area contributed by atoms with Gasteiger partial charge in [0.15, 0.2) is 0 Å². The second kappa shape index (κ2) is 5.03. The molecule has 0 amide bonds. The molecule has 0 aliphatic carbocycles. The van der Waals surface area contributed by atoms with Gasteiger partial charge in [-0.05, 0) is 26.8 Å². The fraction of sp³-hybridized carbons (Fsp3) is 0.529. The lowest BCUT2D eigenvalue weighted by Crippen LogP contribution is -2.54. The van der Waals surface area contributed by atoms with E-state index in [1.165, 1.54) is 0 Å². The van der Waals surface area contributed by atoms with Crippen molar-refractivity contribution >= 4 is 11.7 Å². The van der Waals surface area contributed by atoms with E-state index in [0.717, 1.165) is 55.3 Å². The highest BCUT2D eigenvalue weighted by molar-refractivity contribution is 6.07.